The van der Waals surface area contributed by atoms with Crippen molar-refractivity contribution in [2.24, 2.45) is 0 Å². The average Bonchev–Trinajstić information content (AvgIpc) is 3.26. The van der Waals surface area contributed by atoms with Crippen LogP contribution in [0.1, 0.15) is 18.4 Å². The zero-order valence-corrected chi connectivity index (χ0v) is 15.1. The van der Waals surface area contributed by atoms with Crippen LogP contribution in [0.2, 0.25) is 0 Å². The molecule has 2 aliphatic rings. The lowest BCUT2D eigenvalue weighted by molar-refractivity contribution is -0.130. The molecule has 1 aromatic carbocycles. The van der Waals surface area contributed by atoms with E-state index in [-0.39, 0.29) is 24.5 Å². The van der Waals surface area contributed by atoms with Crippen molar-refractivity contribution in [1.82, 2.24) is 15.1 Å². The molecule has 138 valence electrons. The minimum atomic E-state index is -0.285. The number of carbonyl (C=O) groups excluding carboxylic acids is 2. The van der Waals surface area contributed by atoms with Gasteiger partial charge in [-0.15, -0.1) is 0 Å². The van der Waals surface area contributed by atoms with E-state index >= 15 is 0 Å². The molecule has 0 spiro atoms. The summed E-state index contributed by atoms with van der Waals surface area (Å²) in [6.07, 6.45) is 1.65. The molecule has 2 saturated heterocycles. The molecule has 2 fully saturated rings. The summed E-state index contributed by atoms with van der Waals surface area (Å²) < 4.78 is 0. The number of likely N-dealkylation sites (tertiary alicyclic amines) is 1. The number of carbonyl (C=O) groups is 2. The van der Waals surface area contributed by atoms with Crippen molar-refractivity contribution < 1.29 is 9.59 Å². The van der Waals surface area contributed by atoms with E-state index < -0.39 is 0 Å². The quantitative estimate of drug-likeness (QED) is 0.781. The SMILES string of the molecule is Cc1ccc(N2CCN(CCNCC(=O)N3CCC[C@@H]3C#N)C2=O)cc1. The first-order valence-corrected chi connectivity index (χ1v) is 9.13. The molecule has 0 aliphatic carbocycles. The number of benzene rings is 1. The van der Waals surface area contributed by atoms with Gasteiger partial charge in [0, 0.05) is 38.4 Å². The van der Waals surface area contributed by atoms with E-state index in [4.69, 9.17) is 5.26 Å². The second-order valence-corrected chi connectivity index (χ2v) is 6.81. The Morgan fingerprint density at radius 2 is 2.04 bits per heavy atom. The van der Waals surface area contributed by atoms with Gasteiger partial charge >= 0.3 is 6.03 Å². The molecule has 2 aliphatic heterocycles. The van der Waals surface area contributed by atoms with Crippen LogP contribution in [0.5, 0.6) is 0 Å². The van der Waals surface area contributed by atoms with Crippen LogP contribution < -0.4 is 10.2 Å². The molecule has 2 heterocycles. The molecule has 7 heteroatoms. The standard InChI is InChI=1S/C19H25N5O2/c1-15-4-6-16(7-5-15)24-12-11-22(19(24)26)10-8-21-14-18(25)23-9-2-3-17(23)13-20/h4-7,17,21H,2-3,8-12,14H2,1H3/t17-/m1/s1. The van der Waals surface area contributed by atoms with Crippen molar-refractivity contribution in [3.8, 4) is 6.07 Å². The predicted octanol–water partition coefficient (Wildman–Crippen LogP) is 1.34. The van der Waals surface area contributed by atoms with Gasteiger partial charge in [-0.3, -0.25) is 9.69 Å². The predicted molar refractivity (Wildman–Crippen MR) is 98.7 cm³/mol. The molecule has 26 heavy (non-hydrogen) atoms. The van der Waals surface area contributed by atoms with Crippen molar-refractivity contribution in [3.05, 3.63) is 29.8 Å². The van der Waals surface area contributed by atoms with Crippen molar-refractivity contribution in [2.75, 3.05) is 44.2 Å². The summed E-state index contributed by atoms with van der Waals surface area (Å²) in [4.78, 5) is 29.9. The van der Waals surface area contributed by atoms with Crippen LogP contribution in [0.4, 0.5) is 10.5 Å². The molecule has 3 amide bonds. The van der Waals surface area contributed by atoms with Crippen molar-refractivity contribution >= 4 is 17.6 Å². The van der Waals surface area contributed by atoms with E-state index in [1.165, 1.54) is 5.56 Å². The number of nitrogens with one attached hydrogen (secondary N) is 1. The second-order valence-electron chi connectivity index (χ2n) is 6.81. The third-order valence-corrected chi connectivity index (χ3v) is 5.00. The number of urea groups is 1. The number of amides is 3. The molecule has 1 aromatic rings. The number of rotatable bonds is 6. The van der Waals surface area contributed by atoms with Crippen molar-refractivity contribution in [3.63, 3.8) is 0 Å². The Labute approximate surface area is 154 Å². The summed E-state index contributed by atoms with van der Waals surface area (Å²) in [6.45, 7) is 5.39. The Hall–Kier alpha value is -2.59. The van der Waals surface area contributed by atoms with E-state index in [2.05, 4.69) is 11.4 Å². The number of nitriles is 1. The molecule has 7 nitrogen and oxygen atoms in total. The molecular weight excluding hydrogens is 330 g/mol. The average molecular weight is 355 g/mol. The maximum atomic E-state index is 12.5. The van der Waals surface area contributed by atoms with Crippen molar-refractivity contribution in [1.29, 1.82) is 5.26 Å². The summed E-state index contributed by atoms with van der Waals surface area (Å²) in [5.74, 6) is -0.0388. The minimum Gasteiger partial charge on any atom is -0.326 e. The molecule has 0 aromatic heterocycles. The largest absolute Gasteiger partial charge is 0.326 e. The van der Waals surface area contributed by atoms with Gasteiger partial charge in [0.25, 0.3) is 0 Å². The van der Waals surface area contributed by atoms with Crippen LogP contribution in [0.25, 0.3) is 0 Å². The summed E-state index contributed by atoms with van der Waals surface area (Å²) >= 11 is 0. The van der Waals surface area contributed by atoms with E-state index in [0.717, 1.165) is 18.5 Å². The number of hydrogen-bond acceptors (Lipinski definition) is 4. The highest BCUT2D eigenvalue weighted by Crippen LogP contribution is 2.20. The summed E-state index contributed by atoms with van der Waals surface area (Å²) in [7, 11) is 0. The van der Waals surface area contributed by atoms with Crippen molar-refractivity contribution in [2.45, 2.75) is 25.8 Å². The first kappa shape index (κ1) is 18.2. The third-order valence-electron chi connectivity index (χ3n) is 5.00. The Kier molecular flexibility index (Phi) is 5.74. The lowest BCUT2D eigenvalue weighted by Crippen LogP contribution is -2.43. The van der Waals surface area contributed by atoms with E-state index in [1.54, 1.807) is 14.7 Å². The van der Waals surface area contributed by atoms with Gasteiger partial charge in [0.1, 0.15) is 6.04 Å². The highest BCUT2D eigenvalue weighted by atomic mass is 16.2. The van der Waals surface area contributed by atoms with Gasteiger partial charge in [-0.2, -0.15) is 5.26 Å². The highest BCUT2D eigenvalue weighted by Gasteiger charge is 2.30. The van der Waals surface area contributed by atoms with Crippen LogP contribution >= 0.6 is 0 Å². The monoisotopic (exact) mass is 355 g/mol. The zero-order chi connectivity index (χ0) is 18.5. The van der Waals surface area contributed by atoms with Gasteiger partial charge in [0.15, 0.2) is 0 Å². The number of hydrogen-bond donors (Lipinski definition) is 1. The maximum Gasteiger partial charge on any atom is 0.324 e. The highest BCUT2D eigenvalue weighted by molar-refractivity contribution is 5.94. The summed E-state index contributed by atoms with van der Waals surface area (Å²) in [5.41, 5.74) is 2.09. The Bertz CT molecular complexity index is 697. The molecule has 0 unspecified atom stereocenters. The first-order chi connectivity index (χ1) is 12.6. The van der Waals surface area contributed by atoms with Crippen LogP contribution in [-0.2, 0) is 4.79 Å². The first-order valence-electron chi connectivity index (χ1n) is 9.13. The molecule has 0 radical (unpaired) electrons. The fraction of sp³-hybridized carbons (Fsp3) is 0.526. The van der Waals surface area contributed by atoms with Gasteiger partial charge in [0.2, 0.25) is 5.91 Å². The normalized spacial score (nSPS) is 19.9. The fourth-order valence-corrected chi connectivity index (χ4v) is 3.46. The molecule has 1 atom stereocenters. The Morgan fingerprint density at radius 1 is 1.27 bits per heavy atom. The van der Waals surface area contributed by atoms with Gasteiger partial charge in [-0.1, -0.05) is 17.7 Å². The molecule has 3 rings (SSSR count). The minimum absolute atomic E-state index is 0.00562. The lowest BCUT2D eigenvalue weighted by atomic mass is 10.2. The van der Waals surface area contributed by atoms with Gasteiger partial charge in [-0.25, -0.2) is 4.79 Å². The van der Waals surface area contributed by atoms with Crippen LogP contribution in [0.3, 0.4) is 0 Å². The zero-order valence-electron chi connectivity index (χ0n) is 15.1. The number of aryl methyl sites for hydroxylation is 1. The third kappa shape index (κ3) is 3.97. The van der Waals surface area contributed by atoms with Crippen LogP contribution in [0.15, 0.2) is 24.3 Å². The smallest absolute Gasteiger partial charge is 0.324 e. The van der Waals surface area contributed by atoms with Crippen LogP contribution in [0, 0.1) is 18.3 Å². The van der Waals surface area contributed by atoms with Crippen LogP contribution in [-0.4, -0.2) is 67.0 Å². The van der Waals surface area contributed by atoms with E-state index in [9.17, 15) is 9.59 Å². The van der Waals surface area contributed by atoms with Gasteiger partial charge in [-0.05, 0) is 31.9 Å². The Balaban J connectivity index is 1.42. The second kappa shape index (κ2) is 8.19. The molecule has 0 saturated carbocycles. The van der Waals surface area contributed by atoms with E-state index in [0.29, 0.717) is 32.7 Å². The molecule has 1 N–H and O–H groups in total. The molecule has 0 bridgehead atoms. The van der Waals surface area contributed by atoms with E-state index in [1.807, 2.05) is 31.2 Å². The number of nitrogens with zero attached hydrogens (tertiary/aromatic N) is 4. The maximum absolute atomic E-state index is 12.5. The Morgan fingerprint density at radius 3 is 2.77 bits per heavy atom. The number of anilines is 1. The van der Waals surface area contributed by atoms with Gasteiger partial charge in [0.05, 0.1) is 12.6 Å². The summed E-state index contributed by atoms with van der Waals surface area (Å²) in [5, 5.41) is 12.2. The topological polar surface area (TPSA) is 79.7 Å². The van der Waals surface area contributed by atoms with Gasteiger partial charge < -0.3 is 15.1 Å². The summed E-state index contributed by atoms with van der Waals surface area (Å²) in [6, 6.07) is 9.85. The lowest BCUT2D eigenvalue weighted by Gasteiger charge is -2.21. The fourth-order valence-electron chi connectivity index (χ4n) is 3.46. The molecular formula is C19H25N5O2.